The van der Waals surface area contributed by atoms with Crippen LogP contribution in [0.25, 0.3) is 22.2 Å². The molecule has 0 bridgehead atoms. The maximum Gasteiger partial charge on any atom is 0.212 e. The molecule has 0 N–H and O–H groups in total. The van der Waals surface area contributed by atoms with Gasteiger partial charge in [-0.3, -0.25) is 0 Å². The number of hydrogen-bond donors (Lipinski definition) is 0. The van der Waals surface area contributed by atoms with E-state index >= 15 is 0 Å². The van der Waals surface area contributed by atoms with Crippen molar-refractivity contribution in [2.45, 2.75) is 6.92 Å². The van der Waals surface area contributed by atoms with E-state index in [0.717, 1.165) is 34.4 Å². The summed E-state index contributed by atoms with van der Waals surface area (Å²) >= 11 is 0. The van der Waals surface area contributed by atoms with Crippen molar-refractivity contribution in [1.29, 1.82) is 0 Å². The van der Waals surface area contributed by atoms with Crippen molar-refractivity contribution in [1.82, 2.24) is 9.97 Å². The normalized spacial score (nSPS) is 10.8. The minimum atomic E-state index is -0.480. The number of pyridine rings is 2. The molecule has 0 amide bonds. The van der Waals surface area contributed by atoms with Gasteiger partial charge in [0.05, 0.1) is 11.2 Å². The maximum atomic E-state index is 12.9. The highest BCUT2D eigenvalue weighted by Crippen LogP contribution is 2.24. The molecule has 0 saturated heterocycles. The summed E-state index contributed by atoms with van der Waals surface area (Å²) in [5.74, 6) is -0.480. The highest BCUT2D eigenvalue weighted by molar-refractivity contribution is 5.84. The van der Waals surface area contributed by atoms with Crippen molar-refractivity contribution in [3.63, 3.8) is 0 Å². The van der Waals surface area contributed by atoms with Crippen molar-refractivity contribution in [3.05, 3.63) is 54.6 Å². The summed E-state index contributed by atoms with van der Waals surface area (Å²) in [6.07, 6.45) is 1.51. The zero-order valence-electron chi connectivity index (χ0n) is 12.0. The minimum Gasteiger partial charge on any atom is -0.375 e. The van der Waals surface area contributed by atoms with Gasteiger partial charge in [-0.15, -0.1) is 0 Å². The van der Waals surface area contributed by atoms with Crippen molar-refractivity contribution in [3.8, 4) is 11.3 Å². The van der Waals surface area contributed by atoms with Crippen LogP contribution < -0.4 is 4.90 Å². The molecule has 2 aromatic heterocycles. The predicted molar refractivity (Wildman–Crippen MR) is 83.9 cm³/mol. The Bertz CT molecular complexity index is 769. The van der Waals surface area contributed by atoms with Crippen LogP contribution in [-0.4, -0.2) is 23.6 Å². The summed E-state index contributed by atoms with van der Waals surface area (Å²) in [5.41, 5.74) is 3.67. The Labute approximate surface area is 123 Å². The van der Waals surface area contributed by atoms with E-state index in [1.807, 2.05) is 12.1 Å². The molecule has 2 heterocycles. The maximum absolute atomic E-state index is 12.9. The van der Waals surface area contributed by atoms with Crippen LogP contribution in [0, 0.1) is 5.95 Å². The van der Waals surface area contributed by atoms with Crippen LogP contribution in [0.3, 0.4) is 0 Å². The zero-order valence-corrected chi connectivity index (χ0v) is 12.0. The van der Waals surface area contributed by atoms with Crippen LogP contribution in [0.2, 0.25) is 0 Å². The largest absolute Gasteiger partial charge is 0.375 e. The fourth-order valence-corrected chi connectivity index (χ4v) is 2.21. The molecule has 0 atom stereocenters. The molecule has 0 unspecified atom stereocenters. The number of hydrogen-bond acceptors (Lipinski definition) is 3. The van der Waals surface area contributed by atoms with E-state index in [0.29, 0.717) is 0 Å². The quantitative estimate of drug-likeness (QED) is 0.682. The van der Waals surface area contributed by atoms with Crippen LogP contribution in [0.4, 0.5) is 10.1 Å². The summed E-state index contributed by atoms with van der Waals surface area (Å²) in [7, 11) is 2.05. The first kappa shape index (κ1) is 13.5. The molecule has 1 aromatic carbocycles. The second kappa shape index (κ2) is 5.48. The Morgan fingerprint density at radius 3 is 2.62 bits per heavy atom. The van der Waals surface area contributed by atoms with Crippen LogP contribution >= 0.6 is 0 Å². The molecule has 0 fully saturated rings. The Kier molecular flexibility index (Phi) is 3.52. The summed E-state index contributed by atoms with van der Waals surface area (Å²) in [4.78, 5) is 10.5. The van der Waals surface area contributed by atoms with Crippen molar-refractivity contribution < 1.29 is 4.39 Å². The lowest BCUT2D eigenvalue weighted by atomic mass is 10.1. The average Bonchev–Trinajstić information content (AvgIpc) is 2.53. The summed E-state index contributed by atoms with van der Waals surface area (Å²) in [6, 6.07) is 13.2. The number of rotatable bonds is 3. The number of anilines is 1. The third-order valence-corrected chi connectivity index (χ3v) is 3.61. The molecular formula is C17H16FN3. The van der Waals surface area contributed by atoms with Crippen LogP contribution in [0.1, 0.15) is 6.92 Å². The third kappa shape index (κ3) is 2.70. The van der Waals surface area contributed by atoms with E-state index in [4.69, 9.17) is 0 Å². The Morgan fingerprint density at radius 1 is 1.10 bits per heavy atom. The van der Waals surface area contributed by atoms with Crippen molar-refractivity contribution in [2.24, 2.45) is 0 Å². The highest BCUT2D eigenvalue weighted by Gasteiger charge is 2.05. The average molecular weight is 281 g/mol. The topological polar surface area (TPSA) is 29.0 Å². The zero-order chi connectivity index (χ0) is 14.8. The smallest absolute Gasteiger partial charge is 0.212 e. The van der Waals surface area contributed by atoms with E-state index in [2.05, 4.69) is 47.0 Å². The molecule has 0 spiro atoms. The lowest BCUT2D eigenvalue weighted by Crippen LogP contribution is -2.15. The first-order chi connectivity index (χ1) is 10.2. The molecule has 3 rings (SSSR count). The van der Waals surface area contributed by atoms with Gasteiger partial charge in [0.2, 0.25) is 5.95 Å². The molecule has 0 saturated carbocycles. The van der Waals surface area contributed by atoms with Gasteiger partial charge < -0.3 is 4.90 Å². The Morgan fingerprint density at radius 2 is 1.90 bits per heavy atom. The molecule has 4 heteroatoms. The minimum absolute atomic E-state index is 0.480. The van der Waals surface area contributed by atoms with Gasteiger partial charge >= 0.3 is 0 Å². The second-order valence-electron chi connectivity index (χ2n) is 4.96. The second-order valence-corrected chi connectivity index (χ2v) is 4.96. The molecule has 21 heavy (non-hydrogen) atoms. The molecule has 106 valence electrons. The fourth-order valence-electron chi connectivity index (χ4n) is 2.21. The molecule has 0 aliphatic rings. The lowest BCUT2D eigenvalue weighted by Gasteiger charge is -2.17. The number of benzene rings is 1. The van der Waals surface area contributed by atoms with E-state index in [1.165, 1.54) is 12.3 Å². The van der Waals surface area contributed by atoms with Crippen molar-refractivity contribution >= 4 is 16.6 Å². The number of nitrogens with zero attached hydrogens (tertiary/aromatic N) is 3. The first-order valence-corrected chi connectivity index (χ1v) is 6.91. The van der Waals surface area contributed by atoms with Gasteiger partial charge in [-0.2, -0.15) is 4.39 Å². The van der Waals surface area contributed by atoms with Crippen LogP contribution in [-0.2, 0) is 0 Å². The van der Waals surface area contributed by atoms with Gasteiger partial charge in [-0.25, -0.2) is 9.97 Å². The van der Waals surface area contributed by atoms with Crippen molar-refractivity contribution in [2.75, 3.05) is 18.5 Å². The number of aromatic nitrogens is 2. The molecular weight excluding hydrogens is 265 g/mol. The number of halogens is 1. The number of fused-ring (bicyclic) bond motifs is 1. The molecule has 0 aliphatic heterocycles. The van der Waals surface area contributed by atoms with Gasteiger partial charge in [0.15, 0.2) is 0 Å². The fraction of sp³-hybridized carbons (Fsp3) is 0.176. The van der Waals surface area contributed by atoms with E-state index in [-0.39, 0.29) is 0 Å². The molecule has 0 aliphatic carbocycles. The summed E-state index contributed by atoms with van der Waals surface area (Å²) in [6.45, 7) is 3.05. The molecule has 3 aromatic rings. The van der Waals surface area contributed by atoms with Gasteiger partial charge in [-0.1, -0.05) is 12.1 Å². The predicted octanol–water partition coefficient (Wildman–Crippen LogP) is 3.89. The van der Waals surface area contributed by atoms with E-state index < -0.39 is 5.95 Å². The highest BCUT2D eigenvalue weighted by atomic mass is 19.1. The van der Waals surface area contributed by atoms with Gasteiger partial charge in [0, 0.05) is 36.4 Å². The Balaban J connectivity index is 2.07. The van der Waals surface area contributed by atoms with Crippen LogP contribution in [0.15, 0.2) is 48.7 Å². The molecule has 3 nitrogen and oxygen atoms in total. The summed E-state index contributed by atoms with van der Waals surface area (Å²) < 4.78 is 12.9. The first-order valence-electron chi connectivity index (χ1n) is 6.91. The van der Waals surface area contributed by atoms with Gasteiger partial charge in [0.25, 0.3) is 0 Å². The van der Waals surface area contributed by atoms with Gasteiger partial charge in [-0.05, 0) is 37.3 Å². The van der Waals surface area contributed by atoms with Crippen LogP contribution in [0.5, 0.6) is 0 Å². The van der Waals surface area contributed by atoms with E-state index in [9.17, 15) is 4.39 Å². The lowest BCUT2D eigenvalue weighted by molar-refractivity contribution is 0.584. The molecule has 0 radical (unpaired) electrons. The third-order valence-electron chi connectivity index (χ3n) is 3.61. The summed E-state index contributed by atoms with van der Waals surface area (Å²) in [5, 5.41) is 1.09. The van der Waals surface area contributed by atoms with Gasteiger partial charge in [0.1, 0.15) is 0 Å². The SMILES string of the molecule is CCN(C)c1ccc2ccc(-c3ccc(F)nc3)nc2c1. The van der Waals surface area contributed by atoms with E-state index in [1.54, 1.807) is 6.07 Å². The Hall–Kier alpha value is -2.49. The standard InChI is InChI=1S/C17H16FN3/c1-3-21(2)14-7-4-12-5-8-15(20-16(12)10-14)13-6-9-17(18)19-11-13/h4-11H,3H2,1-2H3. The monoisotopic (exact) mass is 281 g/mol.